The molecule has 138 valence electrons. The van der Waals surface area contributed by atoms with Crippen LogP contribution in [0.25, 0.3) is 11.0 Å². The van der Waals surface area contributed by atoms with Gasteiger partial charge < -0.3 is 20.2 Å². The third-order valence-electron chi connectivity index (χ3n) is 3.95. The molecule has 1 heterocycles. The summed E-state index contributed by atoms with van der Waals surface area (Å²) in [6.07, 6.45) is 3.12. The third-order valence-corrected chi connectivity index (χ3v) is 3.95. The number of hydrogen-bond donors (Lipinski definition) is 2. The SMILES string of the molecule is CN/C=C\C(N)=NC(=O)c1c(C)oc2ccc(OCc3ccccc3)cc12. The van der Waals surface area contributed by atoms with Gasteiger partial charge in [-0.1, -0.05) is 30.3 Å². The van der Waals surface area contributed by atoms with Gasteiger partial charge >= 0.3 is 0 Å². The van der Waals surface area contributed by atoms with Crippen LogP contribution >= 0.6 is 0 Å². The first kappa shape index (κ1) is 18.3. The molecular weight excluding hydrogens is 342 g/mol. The van der Waals surface area contributed by atoms with Crippen molar-refractivity contribution in [3.05, 3.63) is 77.7 Å². The van der Waals surface area contributed by atoms with E-state index in [0.717, 1.165) is 5.56 Å². The molecule has 2 aromatic carbocycles. The highest BCUT2D eigenvalue weighted by Crippen LogP contribution is 2.30. The van der Waals surface area contributed by atoms with Crippen LogP contribution in [-0.2, 0) is 6.61 Å². The number of fused-ring (bicyclic) bond motifs is 1. The molecule has 3 rings (SSSR count). The molecule has 1 amide bonds. The van der Waals surface area contributed by atoms with Gasteiger partial charge in [0.2, 0.25) is 0 Å². The fraction of sp³-hybridized carbons (Fsp3) is 0.143. The number of amidine groups is 1. The van der Waals surface area contributed by atoms with Crippen LogP contribution < -0.4 is 15.8 Å². The molecule has 0 spiro atoms. The van der Waals surface area contributed by atoms with Gasteiger partial charge in [0.1, 0.15) is 29.5 Å². The smallest absolute Gasteiger partial charge is 0.283 e. The number of furan rings is 1. The molecule has 0 aliphatic heterocycles. The Balaban J connectivity index is 1.88. The lowest BCUT2D eigenvalue weighted by Gasteiger charge is -2.06. The maximum Gasteiger partial charge on any atom is 0.283 e. The van der Waals surface area contributed by atoms with Gasteiger partial charge in [-0.15, -0.1) is 0 Å². The maximum absolute atomic E-state index is 12.6. The van der Waals surface area contributed by atoms with E-state index in [1.54, 1.807) is 32.3 Å². The van der Waals surface area contributed by atoms with Crippen LogP contribution in [0.4, 0.5) is 0 Å². The molecule has 0 radical (unpaired) electrons. The molecule has 6 nitrogen and oxygen atoms in total. The van der Waals surface area contributed by atoms with Crippen molar-refractivity contribution in [3.8, 4) is 5.75 Å². The van der Waals surface area contributed by atoms with Crippen molar-refractivity contribution >= 4 is 22.7 Å². The first-order valence-electron chi connectivity index (χ1n) is 8.50. The standard InChI is InChI=1S/C21H21N3O3/c1-14-20(21(25)24-19(22)10-11-23-2)17-12-16(8-9-18(17)27-14)26-13-15-6-4-3-5-7-15/h3-12,23H,13H2,1-2H3,(H2,22,24,25)/b11-10-. The minimum Gasteiger partial charge on any atom is -0.489 e. The summed E-state index contributed by atoms with van der Waals surface area (Å²) in [6, 6.07) is 15.3. The predicted molar refractivity (Wildman–Crippen MR) is 106 cm³/mol. The van der Waals surface area contributed by atoms with Gasteiger partial charge in [-0.3, -0.25) is 4.79 Å². The summed E-state index contributed by atoms with van der Waals surface area (Å²) in [4.78, 5) is 16.5. The molecule has 3 aromatic rings. The second-order valence-electron chi connectivity index (χ2n) is 5.93. The average Bonchev–Trinajstić information content (AvgIpc) is 3.00. The zero-order valence-electron chi connectivity index (χ0n) is 15.2. The molecule has 0 aliphatic carbocycles. The second kappa shape index (κ2) is 8.23. The quantitative estimate of drug-likeness (QED) is 0.516. The van der Waals surface area contributed by atoms with E-state index in [2.05, 4.69) is 10.3 Å². The number of nitrogens with one attached hydrogen (secondary N) is 1. The second-order valence-corrected chi connectivity index (χ2v) is 5.93. The van der Waals surface area contributed by atoms with Gasteiger partial charge in [0.25, 0.3) is 5.91 Å². The number of aryl methyl sites for hydroxylation is 1. The number of carbonyl (C=O) groups is 1. The molecule has 0 fully saturated rings. The highest BCUT2D eigenvalue weighted by Gasteiger charge is 2.18. The van der Waals surface area contributed by atoms with Crippen LogP contribution in [0.15, 0.2) is 70.2 Å². The first-order valence-corrected chi connectivity index (χ1v) is 8.50. The molecule has 3 N–H and O–H groups in total. The van der Waals surface area contributed by atoms with Crippen LogP contribution in [0, 0.1) is 6.92 Å². The minimum absolute atomic E-state index is 0.111. The van der Waals surface area contributed by atoms with E-state index in [9.17, 15) is 4.79 Å². The number of hydrogen-bond acceptors (Lipinski definition) is 4. The Kier molecular flexibility index (Phi) is 5.56. The molecule has 0 aliphatic rings. The number of benzene rings is 2. The Morgan fingerprint density at radius 3 is 2.78 bits per heavy atom. The highest BCUT2D eigenvalue weighted by atomic mass is 16.5. The normalized spacial score (nSPS) is 11.9. The van der Waals surface area contributed by atoms with Crippen LogP contribution in [0.5, 0.6) is 5.75 Å². The number of aliphatic imine (C=N–C) groups is 1. The van der Waals surface area contributed by atoms with E-state index in [-0.39, 0.29) is 5.84 Å². The number of nitrogens with zero attached hydrogens (tertiary/aromatic N) is 1. The number of ether oxygens (including phenoxy) is 1. The molecule has 6 heteroatoms. The summed E-state index contributed by atoms with van der Waals surface area (Å²) in [7, 11) is 1.73. The summed E-state index contributed by atoms with van der Waals surface area (Å²) >= 11 is 0. The maximum atomic E-state index is 12.6. The van der Waals surface area contributed by atoms with Crippen molar-refractivity contribution in [1.29, 1.82) is 0 Å². The summed E-state index contributed by atoms with van der Waals surface area (Å²) < 4.78 is 11.5. The van der Waals surface area contributed by atoms with Gasteiger partial charge in [0, 0.05) is 12.4 Å². The number of rotatable bonds is 6. The molecule has 0 bridgehead atoms. The molecular formula is C21H21N3O3. The van der Waals surface area contributed by atoms with Crippen molar-refractivity contribution in [2.45, 2.75) is 13.5 Å². The molecule has 27 heavy (non-hydrogen) atoms. The Hall–Kier alpha value is -3.54. The Labute approximate surface area is 157 Å². The fourth-order valence-electron chi connectivity index (χ4n) is 2.67. The lowest BCUT2D eigenvalue weighted by atomic mass is 10.1. The fourth-order valence-corrected chi connectivity index (χ4v) is 2.67. The molecule has 1 aromatic heterocycles. The van der Waals surface area contributed by atoms with E-state index in [1.165, 1.54) is 6.08 Å². The van der Waals surface area contributed by atoms with Gasteiger partial charge in [-0.25, -0.2) is 0 Å². The largest absolute Gasteiger partial charge is 0.489 e. The van der Waals surface area contributed by atoms with Crippen molar-refractivity contribution in [2.75, 3.05) is 7.05 Å². The number of carbonyl (C=O) groups excluding carboxylic acids is 1. The van der Waals surface area contributed by atoms with Crippen LogP contribution in [0.2, 0.25) is 0 Å². The highest BCUT2D eigenvalue weighted by molar-refractivity contribution is 6.13. The van der Waals surface area contributed by atoms with E-state index in [1.807, 2.05) is 36.4 Å². The van der Waals surface area contributed by atoms with Gasteiger partial charge in [-0.2, -0.15) is 4.99 Å². The third kappa shape index (κ3) is 4.36. The zero-order valence-corrected chi connectivity index (χ0v) is 15.2. The van der Waals surface area contributed by atoms with Crippen LogP contribution in [0.3, 0.4) is 0 Å². The Morgan fingerprint density at radius 2 is 2.04 bits per heavy atom. The van der Waals surface area contributed by atoms with Gasteiger partial charge in [-0.05, 0) is 43.0 Å². The lowest BCUT2D eigenvalue weighted by molar-refractivity contribution is 0.100. The lowest BCUT2D eigenvalue weighted by Crippen LogP contribution is -2.12. The average molecular weight is 363 g/mol. The molecule has 0 saturated heterocycles. The monoisotopic (exact) mass is 363 g/mol. The topological polar surface area (TPSA) is 89.8 Å². The zero-order chi connectivity index (χ0) is 19.2. The van der Waals surface area contributed by atoms with Crippen LogP contribution in [-0.4, -0.2) is 18.8 Å². The van der Waals surface area contributed by atoms with Crippen molar-refractivity contribution in [1.82, 2.24) is 5.32 Å². The summed E-state index contributed by atoms with van der Waals surface area (Å²) in [5, 5.41) is 3.45. The molecule has 0 atom stereocenters. The Morgan fingerprint density at radius 1 is 1.26 bits per heavy atom. The minimum atomic E-state index is -0.454. The number of amides is 1. The van der Waals surface area contributed by atoms with E-state index >= 15 is 0 Å². The summed E-state index contributed by atoms with van der Waals surface area (Å²) in [6.45, 7) is 2.17. The Bertz CT molecular complexity index is 1000. The van der Waals surface area contributed by atoms with Crippen molar-refractivity contribution in [2.24, 2.45) is 10.7 Å². The van der Waals surface area contributed by atoms with Crippen molar-refractivity contribution < 1.29 is 13.9 Å². The van der Waals surface area contributed by atoms with E-state index in [0.29, 0.717) is 34.6 Å². The van der Waals surface area contributed by atoms with E-state index in [4.69, 9.17) is 14.9 Å². The van der Waals surface area contributed by atoms with Crippen LogP contribution in [0.1, 0.15) is 21.7 Å². The predicted octanol–water partition coefficient (Wildman–Crippen LogP) is 3.55. The first-order chi connectivity index (χ1) is 13.1. The van der Waals surface area contributed by atoms with E-state index < -0.39 is 5.91 Å². The number of nitrogens with two attached hydrogens (primary N) is 1. The summed E-state index contributed by atoms with van der Waals surface area (Å²) in [5.74, 6) is 0.793. The van der Waals surface area contributed by atoms with Gasteiger partial charge in [0.15, 0.2) is 0 Å². The van der Waals surface area contributed by atoms with Crippen molar-refractivity contribution in [3.63, 3.8) is 0 Å². The molecule has 0 unspecified atom stereocenters. The van der Waals surface area contributed by atoms with Gasteiger partial charge in [0.05, 0.1) is 5.56 Å². The molecule has 0 saturated carbocycles. The summed E-state index contributed by atoms with van der Waals surface area (Å²) in [5.41, 5.74) is 7.80.